The highest BCUT2D eigenvalue weighted by atomic mass is 32.1. The van der Waals surface area contributed by atoms with Crippen LogP contribution in [0.25, 0.3) is 0 Å². The van der Waals surface area contributed by atoms with E-state index in [0.717, 1.165) is 37.5 Å². The van der Waals surface area contributed by atoms with E-state index in [0.29, 0.717) is 11.0 Å². The number of hydrogen-bond acceptors (Lipinski definition) is 2. The summed E-state index contributed by atoms with van der Waals surface area (Å²) in [6.45, 7) is 0. The van der Waals surface area contributed by atoms with Crippen LogP contribution in [0.4, 0.5) is 0 Å². The van der Waals surface area contributed by atoms with E-state index in [1.54, 1.807) is 0 Å². The summed E-state index contributed by atoms with van der Waals surface area (Å²) in [5.41, 5.74) is 5.33. The van der Waals surface area contributed by atoms with Gasteiger partial charge in [-0.2, -0.15) is 0 Å². The molecule has 3 saturated carbocycles. The highest BCUT2D eigenvalue weighted by molar-refractivity contribution is 7.80. The Hall–Kier alpha value is -0.640. The zero-order valence-electron chi connectivity index (χ0n) is 10.8. The lowest BCUT2D eigenvalue weighted by atomic mass is 9.84. The molecule has 0 atom stereocenters. The highest BCUT2D eigenvalue weighted by Gasteiger charge is 2.48. The van der Waals surface area contributed by atoms with Gasteiger partial charge in [-0.05, 0) is 50.4 Å². The minimum atomic E-state index is -0.530. The Morgan fingerprint density at radius 1 is 1.17 bits per heavy atom. The van der Waals surface area contributed by atoms with Crippen molar-refractivity contribution in [3.63, 3.8) is 0 Å². The van der Waals surface area contributed by atoms with E-state index >= 15 is 0 Å². The van der Waals surface area contributed by atoms with Gasteiger partial charge in [-0.25, -0.2) is 0 Å². The summed E-state index contributed by atoms with van der Waals surface area (Å²) in [7, 11) is 0. The minimum Gasteiger partial charge on any atom is -0.392 e. The van der Waals surface area contributed by atoms with Crippen LogP contribution in [0.5, 0.6) is 0 Å². The first-order valence-corrected chi connectivity index (χ1v) is 7.65. The average molecular weight is 266 g/mol. The maximum Gasteiger partial charge on any atom is 0.233 e. The molecule has 18 heavy (non-hydrogen) atoms. The molecule has 3 aliphatic rings. The molecule has 3 N–H and O–H groups in total. The fourth-order valence-corrected chi connectivity index (χ4v) is 3.68. The third kappa shape index (κ3) is 2.15. The van der Waals surface area contributed by atoms with Gasteiger partial charge in [-0.15, -0.1) is 0 Å². The Kier molecular flexibility index (Phi) is 3.08. The number of carbonyl (C=O) groups is 1. The van der Waals surface area contributed by atoms with Gasteiger partial charge in [-0.1, -0.05) is 25.1 Å². The normalized spacial score (nSPS) is 26.3. The van der Waals surface area contributed by atoms with Crippen molar-refractivity contribution in [3.8, 4) is 0 Å². The average Bonchev–Trinajstić information content (AvgIpc) is 3.25. The standard InChI is InChI=1S/C14H22N2OS/c15-12(18)14(7-1-2-8-14)13(17)16-11(9-3-4-9)10-5-6-10/h9-11H,1-8H2,(H2,15,18)(H,16,17). The zero-order valence-corrected chi connectivity index (χ0v) is 11.6. The Bertz CT molecular complexity index is 356. The number of nitrogens with one attached hydrogen (secondary N) is 1. The summed E-state index contributed by atoms with van der Waals surface area (Å²) >= 11 is 5.18. The number of amides is 1. The highest BCUT2D eigenvalue weighted by Crippen LogP contribution is 2.46. The van der Waals surface area contributed by atoms with E-state index in [1.807, 2.05) is 0 Å². The Morgan fingerprint density at radius 2 is 1.67 bits per heavy atom. The van der Waals surface area contributed by atoms with Gasteiger partial charge in [-0.3, -0.25) is 4.79 Å². The monoisotopic (exact) mass is 266 g/mol. The Labute approximate surface area is 114 Å². The summed E-state index contributed by atoms with van der Waals surface area (Å²) in [6.07, 6.45) is 8.95. The van der Waals surface area contributed by atoms with E-state index in [-0.39, 0.29) is 5.91 Å². The second-order valence-electron chi connectivity index (χ2n) is 6.33. The molecular formula is C14H22N2OS. The minimum absolute atomic E-state index is 0.122. The zero-order chi connectivity index (χ0) is 12.8. The molecule has 3 fully saturated rings. The van der Waals surface area contributed by atoms with Gasteiger partial charge >= 0.3 is 0 Å². The van der Waals surface area contributed by atoms with Crippen LogP contribution in [0.2, 0.25) is 0 Å². The number of carbonyl (C=O) groups excluding carboxylic acids is 1. The topological polar surface area (TPSA) is 55.1 Å². The maximum absolute atomic E-state index is 12.6. The molecule has 0 aliphatic heterocycles. The molecule has 1 amide bonds. The van der Waals surface area contributed by atoms with Gasteiger partial charge in [0.1, 0.15) is 0 Å². The molecule has 4 heteroatoms. The molecule has 0 aromatic carbocycles. The molecule has 0 saturated heterocycles. The molecule has 100 valence electrons. The van der Waals surface area contributed by atoms with Crippen LogP contribution in [0.1, 0.15) is 51.4 Å². The SMILES string of the molecule is NC(=S)C1(C(=O)NC(C2CC2)C2CC2)CCCC1. The molecule has 0 aromatic heterocycles. The third-order valence-corrected chi connectivity index (χ3v) is 5.31. The second-order valence-corrected chi connectivity index (χ2v) is 6.77. The Morgan fingerprint density at radius 3 is 2.06 bits per heavy atom. The lowest BCUT2D eigenvalue weighted by Crippen LogP contribution is -2.51. The molecule has 0 unspecified atom stereocenters. The number of nitrogens with two attached hydrogens (primary N) is 1. The van der Waals surface area contributed by atoms with Crippen molar-refractivity contribution in [3.05, 3.63) is 0 Å². The smallest absolute Gasteiger partial charge is 0.233 e. The second kappa shape index (κ2) is 4.48. The first-order valence-electron chi connectivity index (χ1n) is 7.24. The quantitative estimate of drug-likeness (QED) is 0.750. The third-order valence-electron chi connectivity index (χ3n) is 4.92. The predicted molar refractivity (Wildman–Crippen MR) is 75.1 cm³/mol. The van der Waals surface area contributed by atoms with E-state index in [4.69, 9.17) is 18.0 Å². The van der Waals surface area contributed by atoms with Crippen LogP contribution in [-0.2, 0) is 4.79 Å². The fraction of sp³-hybridized carbons (Fsp3) is 0.857. The van der Waals surface area contributed by atoms with Crippen molar-refractivity contribution >= 4 is 23.1 Å². The molecule has 3 aliphatic carbocycles. The molecular weight excluding hydrogens is 244 g/mol. The number of hydrogen-bond donors (Lipinski definition) is 2. The summed E-state index contributed by atoms with van der Waals surface area (Å²) in [6, 6.07) is 0.407. The van der Waals surface area contributed by atoms with Crippen molar-refractivity contribution in [1.29, 1.82) is 0 Å². The van der Waals surface area contributed by atoms with E-state index in [1.165, 1.54) is 25.7 Å². The molecule has 3 rings (SSSR count). The molecule has 0 bridgehead atoms. The van der Waals surface area contributed by atoms with Gasteiger partial charge in [0.2, 0.25) is 5.91 Å². The van der Waals surface area contributed by atoms with Crippen molar-refractivity contribution in [1.82, 2.24) is 5.32 Å². The van der Waals surface area contributed by atoms with Crippen molar-refractivity contribution in [2.75, 3.05) is 0 Å². The van der Waals surface area contributed by atoms with Crippen LogP contribution >= 0.6 is 12.2 Å². The van der Waals surface area contributed by atoms with Crippen molar-refractivity contribution in [2.45, 2.75) is 57.4 Å². The van der Waals surface area contributed by atoms with Crippen LogP contribution in [-0.4, -0.2) is 16.9 Å². The van der Waals surface area contributed by atoms with Gasteiger partial charge in [0.25, 0.3) is 0 Å². The summed E-state index contributed by atoms with van der Waals surface area (Å²) < 4.78 is 0. The van der Waals surface area contributed by atoms with Crippen LogP contribution in [0.15, 0.2) is 0 Å². The molecule has 0 heterocycles. The maximum atomic E-state index is 12.6. The molecule has 0 radical (unpaired) electrons. The van der Waals surface area contributed by atoms with Gasteiger partial charge in [0.15, 0.2) is 0 Å². The van der Waals surface area contributed by atoms with E-state index in [9.17, 15) is 4.79 Å². The lowest BCUT2D eigenvalue weighted by Gasteiger charge is -2.29. The summed E-state index contributed by atoms with van der Waals surface area (Å²) in [5, 5.41) is 3.30. The van der Waals surface area contributed by atoms with Crippen molar-refractivity contribution < 1.29 is 4.79 Å². The largest absolute Gasteiger partial charge is 0.392 e. The van der Waals surface area contributed by atoms with Gasteiger partial charge < -0.3 is 11.1 Å². The van der Waals surface area contributed by atoms with Crippen LogP contribution in [0.3, 0.4) is 0 Å². The van der Waals surface area contributed by atoms with Crippen LogP contribution < -0.4 is 11.1 Å². The van der Waals surface area contributed by atoms with Crippen LogP contribution in [0, 0.1) is 17.3 Å². The predicted octanol–water partition coefficient (Wildman–Crippen LogP) is 2.14. The molecule has 0 aromatic rings. The molecule has 3 nitrogen and oxygen atoms in total. The number of rotatable bonds is 5. The van der Waals surface area contributed by atoms with E-state index in [2.05, 4.69) is 5.32 Å². The Balaban J connectivity index is 1.70. The lowest BCUT2D eigenvalue weighted by molar-refractivity contribution is -0.128. The first kappa shape index (κ1) is 12.4. The van der Waals surface area contributed by atoms with Gasteiger partial charge in [0.05, 0.1) is 10.4 Å². The fourth-order valence-electron chi connectivity index (χ4n) is 3.38. The van der Waals surface area contributed by atoms with Gasteiger partial charge in [0, 0.05) is 6.04 Å². The summed E-state index contributed by atoms with van der Waals surface area (Å²) in [4.78, 5) is 13.0. The number of thiocarbonyl (C=S) groups is 1. The van der Waals surface area contributed by atoms with E-state index < -0.39 is 5.41 Å². The molecule has 0 spiro atoms. The first-order chi connectivity index (χ1) is 8.63. The van der Waals surface area contributed by atoms with Crippen molar-refractivity contribution in [2.24, 2.45) is 23.0 Å². The summed E-state index contributed by atoms with van der Waals surface area (Å²) in [5.74, 6) is 1.58.